The summed E-state index contributed by atoms with van der Waals surface area (Å²) in [5.41, 5.74) is 1.14. The Morgan fingerprint density at radius 1 is 1.06 bits per heavy atom. The molecule has 0 radical (unpaired) electrons. The van der Waals surface area contributed by atoms with Crippen LogP contribution < -0.4 is 10.2 Å². The van der Waals surface area contributed by atoms with Crippen LogP contribution in [-0.2, 0) is 9.53 Å². The van der Waals surface area contributed by atoms with Crippen molar-refractivity contribution >= 4 is 34.7 Å². The van der Waals surface area contributed by atoms with Crippen LogP contribution in [0, 0.1) is 10.1 Å². The van der Waals surface area contributed by atoms with Crippen molar-refractivity contribution in [3.63, 3.8) is 0 Å². The molecule has 1 unspecified atom stereocenters. The average Bonchev–Trinajstić information content (AvgIpc) is 2.79. The van der Waals surface area contributed by atoms with E-state index >= 15 is 0 Å². The third-order valence-electron chi connectivity index (χ3n) is 5.29. The van der Waals surface area contributed by atoms with Gasteiger partial charge in [0.05, 0.1) is 10.5 Å². The summed E-state index contributed by atoms with van der Waals surface area (Å²) in [6.07, 6.45) is 1.86. The lowest BCUT2D eigenvalue weighted by Crippen LogP contribution is -2.31. The molecule has 9 heteroatoms. The number of carbonyl (C=O) groups is 3. The molecule has 0 aromatic heterocycles. The van der Waals surface area contributed by atoms with Gasteiger partial charge in [-0.3, -0.25) is 19.7 Å². The molecule has 0 saturated carbocycles. The number of nitro benzene ring substituents is 1. The van der Waals surface area contributed by atoms with Crippen molar-refractivity contribution in [1.82, 2.24) is 0 Å². The highest BCUT2D eigenvalue weighted by Crippen LogP contribution is 2.31. The van der Waals surface area contributed by atoms with E-state index in [1.807, 2.05) is 4.90 Å². The highest BCUT2D eigenvalue weighted by Gasteiger charge is 2.25. The van der Waals surface area contributed by atoms with Crippen molar-refractivity contribution in [3.8, 4) is 0 Å². The van der Waals surface area contributed by atoms with E-state index < -0.39 is 22.9 Å². The number of hydrogen-bond donors (Lipinski definition) is 1. The minimum Gasteiger partial charge on any atom is -0.449 e. The number of hydrogen-bond acceptors (Lipinski definition) is 7. The largest absolute Gasteiger partial charge is 0.449 e. The van der Waals surface area contributed by atoms with Crippen LogP contribution in [0.15, 0.2) is 42.5 Å². The van der Waals surface area contributed by atoms with Crippen LogP contribution in [0.4, 0.5) is 17.1 Å². The quantitative estimate of drug-likeness (QED) is 0.300. The second kappa shape index (κ2) is 10.0. The number of ketones is 1. The van der Waals surface area contributed by atoms with Crippen LogP contribution in [0.5, 0.6) is 0 Å². The first-order valence-corrected chi connectivity index (χ1v) is 10.4. The third kappa shape index (κ3) is 5.48. The second-order valence-corrected chi connectivity index (χ2v) is 7.68. The zero-order chi connectivity index (χ0) is 23.3. The monoisotopic (exact) mass is 439 g/mol. The Labute approximate surface area is 185 Å². The van der Waals surface area contributed by atoms with Crippen LogP contribution >= 0.6 is 0 Å². The number of esters is 1. The summed E-state index contributed by atoms with van der Waals surface area (Å²) in [6.45, 7) is 4.28. The Balaban J connectivity index is 1.69. The molecule has 0 bridgehead atoms. The fourth-order valence-corrected chi connectivity index (χ4v) is 3.54. The molecular formula is C23H25N3O6. The smallest absolute Gasteiger partial charge is 0.339 e. The number of anilines is 2. The summed E-state index contributed by atoms with van der Waals surface area (Å²) in [7, 11) is 0. The molecule has 1 saturated heterocycles. The highest BCUT2D eigenvalue weighted by atomic mass is 16.6. The van der Waals surface area contributed by atoms with E-state index in [9.17, 15) is 24.5 Å². The molecule has 1 fully saturated rings. The maximum absolute atomic E-state index is 12.5. The Bertz CT molecular complexity index is 1050. The predicted octanol–water partition coefficient (Wildman–Crippen LogP) is 3.97. The fourth-order valence-electron chi connectivity index (χ4n) is 3.54. The van der Waals surface area contributed by atoms with Gasteiger partial charge >= 0.3 is 5.97 Å². The maximum atomic E-state index is 12.5. The Morgan fingerprint density at radius 2 is 1.78 bits per heavy atom. The lowest BCUT2D eigenvalue weighted by atomic mass is 10.1. The van der Waals surface area contributed by atoms with Crippen molar-refractivity contribution in [1.29, 1.82) is 0 Å². The van der Waals surface area contributed by atoms with Crippen molar-refractivity contribution in [2.45, 2.75) is 39.2 Å². The van der Waals surface area contributed by atoms with Crippen molar-refractivity contribution < 1.29 is 24.0 Å². The maximum Gasteiger partial charge on any atom is 0.339 e. The number of rotatable bonds is 7. The number of piperidine rings is 1. The van der Waals surface area contributed by atoms with Gasteiger partial charge in [-0.25, -0.2) is 4.79 Å². The van der Waals surface area contributed by atoms with E-state index in [0.29, 0.717) is 16.9 Å². The van der Waals surface area contributed by atoms with Crippen molar-refractivity contribution in [2.75, 3.05) is 23.3 Å². The number of ether oxygens (including phenoxy) is 1. The van der Waals surface area contributed by atoms with Crippen LogP contribution in [0.25, 0.3) is 0 Å². The van der Waals surface area contributed by atoms with E-state index in [-0.39, 0.29) is 17.0 Å². The number of Topliss-reactive ketones (excluding diaryl/α,β-unsaturated/α-hetero) is 1. The van der Waals surface area contributed by atoms with E-state index in [0.717, 1.165) is 32.4 Å². The summed E-state index contributed by atoms with van der Waals surface area (Å²) in [4.78, 5) is 49.4. The molecule has 1 N–H and O–H groups in total. The predicted molar refractivity (Wildman–Crippen MR) is 119 cm³/mol. The minimum absolute atomic E-state index is 0.00399. The second-order valence-electron chi connectivity index (χ2n) is 7.68. The van der Waals surface area contributed by atoms with Gasteiger partial charge < -0.3 is 15.0 Å². The summed E-state index contributed by atoms with van der Waals surface area (Å²) < 4.78 is 5.21. The van der Waals surface area contributed by atoms with Gasteiger partial charge in [-0.15, -0.1) is 0 Å². The first-order valence-electron chi connectivity index (χ1n) is 10.4. The fraction of sp³-hybridized carbons (Fsp3) is 0.348. The molecular weight excluding hydrogens is 414 g/mol. The lowest BCUT2D eigenvalue weighted by Gasteiger charge is -2.28. The van der Waals surface area contributed by atoms with Crippen LogP contribution in [0.1, 0.15) is 53.8 Å². The summed E-state index contributed by atoms with van der Waals surface area (Å²) in [5, 5.41) is 14.2. The van der Waals surface area contributed by atoms with Gasteiger partial charge in [0.15, 0.2) is 11.9 Å². The molecule has 9 nitrogen and oxygen atoms in total. The SMILES string of the molecule is CC(=O)c1cccc(NC(=O)C(C)OC(=O)c2ccc(N3CCCCC3)c([N+](=O)[O-])c2)c1. The Hall–Kier alpha value is -3.75. The molecule has 3 rings (SSSR count). The number of carbonyl (C=O) groups excluding carboxylic acids is 3. The molecule has 1 aliphatic heterocycles. The first kappa shape index (κ1) is 22.9. The normalized spacial score (nSPS) is 14.4. The minimum atomic E-state index is -1.15. The van der Waals surface area contributed by atoms with E-state index in [4.69, 9.17) is 4.74 Å². The molecule has 1 heterocycles. The highest BCUT2D eigenvalue weighted by molar-refractivity contribution is 5.99. The van der Waals surface area contributed by atoms with Gasteiger partial charge in [-0.1, -0.05) is 12.1 Å². The molecule has 1 aliphatic rings. The first-order chi connectivity index (χ1) is 15.3. The molecule has 32 heavy (non-hydrogen) atoms. The summed E-state index contributed by atoms with van der Waals surface area (Å²) in [5.74, 6) is -1.56. The zero-order valence-electron chi connectivity index (χ0n) is 18.0. The Morgan fingerprint density at radius 3 is 2.44 bits per heavy atom. The number of benzene rings is 2. The van der Waals surface area contributed by atoms with E-state index in [1.54, 1.807) is 24.3 Å². The van der Waals surface area contributed by atoms with Crippen LogP contribution in [0.3, 0.4) is 0 Å². The van der Waals surface area contributed by atoms with Gasteiger partial charge in [0, 0.05) is 30.4 Å². The van der Waals surface area contributed by atoms with E-state index in [1.165, 1.54) is 32.0 Å². The molecule has 0 spiro atoms. The Kier molecular flexibility index (Phi) is 7.19. The average molecular weight is 439 g/mol. The van der Waals surface area contributed by atoms with Crippen molar-refractivity contribution in [3.05, 3.63) is 63.7 Å². The summed E-state index contributed by atoms with van der Waals surface area (Å²) >= 11 is 0. The van der Waals surface area contributed by atoms with Gasteiger partial charge in [0.25, 0.3) is 11.6 Å². The topological polar surface area (TPSA) is 119 Å². The standard InChI is InChI=1S/C23H25N3O6/c1-15(27)17-7-6-8-19(13-17)24-22(28)16(2)32-23(29)18-9-10-20(21(14-18)26(30)31)25-11-4-3-5-12-25/h6-10,13-14,16H,3-5,11-12H2,1-2H3,(H,24,28). The molecule has 168 valence electrons. The molecule has 2 aromatic carbocycles. The number of amides is 1. The van der Waals surface area contributed by atoms with Gasteiger partial charge in [0.2, 0.25) is 0 Å². The molecule has 1 atom stereocenters. The molecule has 0 aliphatic carbocycles. The number of nitro groups is 1. The third-order valence-corrected chi connectivity index (χ3v) is 5.29. The zero-order valence-corrected chi connectivity index (χ0v) is 18.0. The summed E-state index contributed by atoms with van der Waals surface area (Å²) in [6, 6.07) is 10.6. The van der Waals surface area contributed by atoms with Gasteiger partial charge in [-0.05, 0) is 57.4 Å². The molecule has 2 aromatic rings. The molecule has 1 amide bonds. The van der Waals surface area contributed by atoms with Crippen molar-refractivity contribution in [2.24, 2.45) is 0 Å². The van der Waals surface area contributed by atoms with Gasteiger partial charge in [-0.2, -0.15) is 0 Å². The lowest BCUT2D eigenvalue weighted by molar-refractivity contribution is -0.384. The van der Waals surface area contributed by atoms with Crippen LogP contribution in [-0.4, -0.2) is 41.8 Å². The van der Waals surface area contributed by atoms with Crippen LogP contribution in [0.2, 0.25) is 0 Å². The van der Waals surface area contributed by atoms with E-state index in [2.05, 4.69) is 5.32 Å². The number of nitrogens with one attached hydrogen (secondary N) is 1. The number of nitrogens with zero attached hydrogens (tertiary/aromatic N) is 2. The van der Waals surface area contributed by atoms with Gasteiger partial charge in [0.1, 0.15) is 5.69 Å².